The average Bonchev–Trinajstić information content (AvgIpc) is 2.75. The molecule has 2 N–H and O–H groups in total. The molecule has 0 aliphatic rings. The summed E-state index contributed by atoms with van der Waals surface area (Å²) in [5.41, 5.74) is 7.61. The number of aryl methyl sites for hydroxylation is 1. The lowest BCUT2D eigenvalue weighted by Crippen LogP contribution is -2.22. The van der Waals surface area contributed by atoms with Gasteiger partial charge in [-0.2, -0.15) is 0 Å². The molecule has 0 fully saturated rings. The smallest absolute Gasteiger partial charge is 0.138 e. The van der Waals surface area contributed by atoms with E-state index >= 15 is 0 Å². The van der Waals surface area contributed by atoms with E-state index in [1.54, 1.807) is 12.5 Å². The maximum absolute atomic E-state index is 5.70. The van der Waals surface area contributed by atoms with Crippen molar-refractivity contribution in [3.05, 3.63) is 47.5 Å². The largest absolute Gasteiger partial charge is 0.469 e. The van der Waals surface area contributed by atoms with E-state index in [0.717, 1.165) is 22.7 Å². The standard InChI is InChI=1S/C13H15N3OS/c1-9-10(5-7-17-9)8-16(2)13-11(12(14)18)4-3-6-15-13/h3-7H,8H2,1-2H3,(H2,14,18). The number of hydrogen-bond donors (Lipinski definition) is 1. The molecule has 0 radical (unpaired) electrons. The van der Waals surface area contributed by atoms with Crippen LogP contribution in [-0.4, -0.2) is 17.0 Å². The predicted octanol–water partition coefficient (Wildman–Crippen LogP) is 2.25. The highest BCUT2D eigenvalue weighted by Crippen LogP contribution is 2.19. The van der Waals surface area contributed by atoms with Gasteiger partial charge in [0, 0.05) is 25.4 Å². The van der Waals surface area contributed by atoms with Crippen molar-refractivity contribution in [2.24, 2.45) is 5.73 Å². The quantitative estimate of drug-likeness (QED) is 0.855. The number of rotatable bonds is 4. The summed E-state index contributed by atoms with van der Waals surface area (Å²) in [6.07, 6.45) is 3.42. The lowest BCUT2D eigenvalue weighted by atomic mass is 10.2. The van der Waals surface area contributed by atoms with Gasteiger partial charge in [-0.1, -0.05) is 12.2 Å². The number of hydrogen-bond acceptors (Lipinski definition) is 4. The topological polar surface area (TPSA) is 55.3 Å². The number of furan rings is 1. The second-order valence-corrected chi connectivity index (χ2v) is 4.54. The molecule has 0 unspecified atom stereocenters. The maximum Gasteiger partial charge on any atom is 0.138 e. The predicted molar refractivity (Wildman–Crippen MR) is 75.7 cm³/mol. The molecule has 0 atom stereocenters. The van der Waals surface area contributed by atoms with Gasteiger partial charge in [-0.25, -0.2) is 4.98 Å². The third-order valence-corrected chi connectivity index (χ3v) is 3.01. The molecule has 0 saturated carbocycles. The summed E-state index contributed by atoms with van der Waals surface area (Å²) in [5.74, 6) is 1.69. The van der Waals surface area contributed by atoms with Crippen molar-refractivity contribution in [3.8, 4) is 0 Å². The molecule has 18 heavy (non-hydrogen) atoms. The molecule has 0 bridgehead atoms. The second-order valence-electron chi connectivity index (χ2n) is 4.10. The van der Waals surface area contributed by atoms with Crippen molar-refractivity contribution in [3.63, 3.8) is 0 Å². The van der Waals surface area contributed by atoms with Gasteiger partial charge in [0.1, 0.15) is 16.6 Å². The Labute approximate surface area is 111 Å². The second kappa shape index (κ2) is 5.18. The highest BCUT2D eigenvalue weighted by atomic mass is 32.1. The molecule has 2 aromatic rings. The normalized spacial score (nSPS) is 10.3. The monoisotopic (exact) mass is 261 g/mol. The van der Waals surface area contributed by atoms with E-state index < -0.39 is 0 Å². The van der Waals surface area contributed by atoms with E-state index in [1.807, 2.05) is 37.1 Å². The van der Waals surface area contributed by atoms with Crippen LogP contribution in [-0.2, 0) is 6.54 Å². The first-order valence-electron chi connectivity index (χ1n) is 5.58. The van der Waals surface area contributed by atoms with E-state index in [1.165, 1.54) is 0 Å². The summed E-state index contributed by atoms with van der Waals surface area (Å²) in [7, 11) is 1.95. The van der Waals surface area contributed by atoms with Crippen LogP contribution in [0.5, 0.6) is 0 Å². The molecule has 0 aliphatic carbocycles. The first-order valence-corrected chi connectivity index (χ1v) is 5.99. The van der Waals surface area contributed by atoms with E-state index in [9.17, 15) is 0 Å². The van der Waals surface area contributed by atoms with Crippen molar-refractivity contribution in [1.82, 2.24) is 4.98 Å². The molecule has 0 saturated heterocycles. The molecule has 5 heteroatoms. The molecule has 4 nitrogen and oxygen atoms in total. The number of anilines is 1. The van der Waals surface area contributed by atoms with Gasteiger partial charge in [0.25, 0.3) is 0 Å². The van der Waals surface area contributed by atoms with Gasteiger partial charge >= 0.3 is 0 Å². The maximum atomic E-state index is 5.70. The van der Waals surface area contributed by atoms with Gasteiger partial charge in [-0.3, -0.25) is 0 Å². The van der Waals surface area contributed by atoms with E-state index in [0.29, 0.717) is 11.5 Å². The van der Waals surface area contributed by atoms with Crippen LogP contribution < -0.4 is 10.6 Å². The van der Waals surface area contributed by atoms with Gasteiger partial charge in [-0.05, 0) is 25.1 Å². The SMILES string of the molecule is Cc1occc1CN(C)c1ncccc1C(N)=S. The third kappa shape index (κ3) is 2.51. The van der Waals surface area contributed by atoms with Crippen LogP contribution in [0.15, 0.2) is 35.1 Å². The van der Waals surface area contributed by atoms with Crippen LogP contribution in [0.4, 0.5) is 5.82 Å². The highest BCUT2D eigenvalue weighted by Gasteiger charge is 2.12. The van der Waals surface area contributed by atoms with Gasteiger partial charge in [-0.15, -0.1) is 0 Å². The number of nitrogens with two attached hydrogens (primary N) is 1. The molecular formula is C13H15N3OS. The Balaban J connectivity index is 2.26. The minimum atomic E-state index is 0.355. The summed E-state index contributed by atoms with van der Waals surface area (Å²) < 4.78 is 5.28. The fourth-order valence-electron chi connectivity index (χ4n) is 1.80. The number of thiocarbonyl (C=S) groups is 1. The van der Waals surface area contributed by atoms with E-state index in [4.69, 9.17) is 22.4 Å². The Kier molecular flexibility index (Phi) is 3.62. The highest BCUT2D eigenvalue weighted by molar-refractivity contribution is 7.80. The molecule has 0 spiro atoms. The molecule has 2 rings (SSSR count). The van der Waals surface area contributed by atoms with Crippen molar-refractivity contribution in [2.75, 3.05) is 11.9 Å². The minimum Gasteiger partial charge on any atom is -0.469 e. The van der Waals surface area contributed by atoms with Crippen molar-refractivity contribution in [1.29, 1.82) is 0 Å². The molecule has 0 aromatic carbocycles. The summed E-state index contributed by atoms with van der Waals surface area (Å²) >= 11 is 5.04. The Morgan fingerprint density at radius 1 is 1.50 bits per heavy atom. The Bertz CT molecular complexity index is 565. The number of pyridine rings is 1. The molecular weight excluding hydrogens is 246 g/mol. The number of nitrogens with zero attached hydrogens (tertiary/aromatic N) is 2. The Hall–Kier alpha value is -1.88. The molecule has 2 aromatic heterocycles. The van der Waals surface area contributed by atoms with Gasteiger partial charge < -0.3 is 15.1 Å². The molecule has 2 heterocycles. The zero-order chi connectivity index (χ0) is 13.1. The fourth-order valence-corrected chi connectivity index (χ4v) is 1.96. The Morgan fingerprint density at radius 3 is 2.89 bits per heavy atom. The van der Waals surface area contributed by atoms with Gasteiger partial charge in [0.2, 0.25) is 0 Å². The van der Waals surface area contributed by atoms with Crippen LogP contribution in [0.1, 0.15) is 16.9 Å². The van der Waals surface area contributed by atoms with Crippen LogP contribution in [0, 0.1) is 6.92 Å². The lowest BCUT2D eigenvalue weighted by Gasteiger charge is -2.20. The summed E-state index contributed by atoms with van der Waals surface area (Å²) in [5, 5.41) is 0. The van der Waals surface area contributed by atoms with Crippen LogP contribution in [0.25, 0.3) is 0 Å². The van der Waals surface area contributed by atoms with Crippen molar-refractivity contribution < 1.29 is 4.42 Å². The van der Waals surface area contributed by atoms with E-state index in [2.05, 4.69) is 4.98 Å². The van der Waals surface area contributed by atoms with Crippen LogP contribution in [0.3, 0.4) is 0 Å². The fraction of sp³-hybridized carbons (Fsp3) is 0.231. The lowest BCUT2D eigenvalue weighted by molar-refractivity contribution is 0.529. The summed E-state index contributed by atoms with van der Waals surface area (Å²) in [4.78, 5) is 6.70. The average molecular weight is 261 g/mol. The van der Waals surface area contributed by atoms with Gasteiger partial charge in [0.05, 0.1) is 11.8 Å². The Morgan fingerprint density at radius 2 is 2.28 bits per heavy atom. The van der Waals surface area contributed by atoms with Crippen molar-refractivity contribution in [2.45, 2.75) is 13.5 Å². The summed E-state index contributed by atoms with van der Waals surface area (Å²) in [6, 6.07) is 5.66. The van der Waals surface area contributed by atoms with Crippen molar-refractivity contribution >= 4 is 23.0 Å². The number of aromatic nitrogens is 1. The zero-order valence-electron chi connectivity index (χ0n) is 10.4. The summed E-state index contributed by atoms with van der Waals surface area (Å²) in [6.45, 7) is 2.64. The zero-order valence-corrected chi connectivity index (χ0v) is 11.2. The van der Waals surface area contributed by atoms with Crippen LogP contribution >= 0.6 is 12.2 Å². The first kappa shape index (κ1) is 12.6. The molecule has 0 amide bonds. The third-order valence-electron chi connectivity index (χ3n) is 2.79. The van der Waals surface area contributed by atoms with E-state index in [-0.39, 0.29) is 0 Å². The van der Waals surface area contributed by atoms with Crippen LogP contribution in [0.2, 0.25) is 0 Å². The molecule has 94 valence electrons. The minimum absolute atomic E-state index is 0.355. The first-order chi connectivity index (χ1) is 8.59. The molecule has 0 aliphatic heterocycles. The van der Waals surface area contributed by atoms with Gasteiger partial charge in [0.15, 0.2) is 0 Å².